The van der Waals surface area contributed by atoms with E-state index in [9.17, 15) is 9.59 Å². The number of esters is 1. The van der Waals surface area contributed by atoms with Gasteiger partial charge in [-0.3, -0.25) is 4.99 Å². The van der Waals surface area contributed by atoms with Gasteiger partial charge in [-0.05, 0) is 61.4 Å². The number of rotatable bonds is 7. The van der Waals surface area contributed by atoms with Crippen LogP contribution in [0.2, 0.25) is 0 Å². The van der Waals surface area contributed by atoms with Crippen molar-refractivity contribution in [3.63, 3.8) is 0 Å². The SMILES string of the molecule is COC(=O)c1ccc(N=Cc2ccc(O[C@@H](C)C(=O)O)c(OC)c2)c(C)c1. The zero-order chi connectivity index (χ0) is 20.0. The minimum Gasteiger partial charge on any atom is -0.493 e. The van der Waals surface area contributed by atoms with Crippen molar-refractivity contribution in [3.05, 3.63) is 53.1 Å². The number of aliphatic carboxylic acids is 1. The number of benzene rings is 2. The molecule has 0 spiro atoms. The highest BCUT2D eigenvalue weighted by molar-refractivity contribution is 5.90. The molecule has 0 heterocycles. The van der Waals surface area contributed by atoms with Gasteiger partial charge in [0.15, 0.2) is 17.6 Å². The van der Waals surface area contributed by atoms with Crippen molar-refractivity contribution in [2.24, 2.45) is 4.99 Å². The molecule has 7 heteroatoms. The fraction of sp³-hybridized carbons (Fsp3) is 0.250. The molecular weight excluding hydrogens is 350 g/mol. The normalized spacial score (nSPS) is 11.9. The van der Waals surface area contributed by atoms with Crippen LogP contribution in [0.25, 0.3) is 0 Å². The van der Waals surface area contributed by atoms with E-state index in [4.69, 9.17) is 19.3 Å². The lowest BCUT2D eigenvalue weighted by molar-refractivity contribution is -0.144. The Morgan fingerprint density at radius 2 is 1.85 bits per heavy atom. The lowest BCUT2D eigenvalue weighted by Gasteiger charge is -2.14. The van der Waals surface area contributed by atoms with Gasteiger partial charge in [-0.2, -0.15) is 0 Å². The summed E-state index contributed by atoms with van der Waals surface area (Å²) in [4.78, 5) is 26.9. The summed E-state index contributed by atoms with van der Waals surface area (Å²) in [5, 5.41) is 8.95. The average molecular weight is 371 g/mol. The molecule has 0 amide bonds. The van der Waals surface area contributed by atoms with Crippen LogP contribution in [0.3, 0.4) is 0 Å². The first kappa shape index (κ1) is 20.0. The quantitative estimate of drug-likeness (QED) is 0.592. The number of hydrogen-bond acceptors (Lipinski definition) is 6. The van der Waals surface area contributed by atoms with E-state index in [-0.39, 0.29) is 0 Å². The first-order chi connectivity index (χ1) is 12.8. The van der Waals surface area contributed by atoms with E-state index in [1.54, 1.807) is 42.6 Å². The number of hydrogen-bond donors (Lipinski definition) is 1. The first-order valence-corrected chi connectivity index (χ1v) is 8.16. The van der Waals surface area contributed by atoms with Crippen molar-refractivity contribution in [2.75, 3.05) is 14.2 Å². The highest BCUT2D eigenvalue weighted by atomic mass is 16.5. The zero-order valence-electron chi connectivity index (χ0n) is 15.6. The molecule has 0 bridgehead atoms. The van der Waals surface area contributed by atoms with Crippen molar-refractivity contribution in [3.8, 4) is 11.5 Å². The number of carbonyl (C=O) groups excluding carboxylic acids is 1. The van der Waals surface area contributed by atoms with Gasteiger partial charge in [-0.1, -0.05) is 0 Å². The molecule has 2 aromatic rings. The fourth-order valence-electron chi connectivity index (χ4n) is 2.29. The van der Waals surface area contributed by atoms with E-state index in [0.717, 1.165) is 11.1 Å². The second-order valence-corrected chi connectivity index (χ2v) is 5.76. The second-order valence-electron chi connectivity index (χ2n) is 5.76. The third-order valence-electron chi connectivity index (χ3n) is 3.81. The van der Waals surface area contributed by atoms with Gasteiger partial charge in [0.2, 0.25) is 0 Å². The Morgan fingerprint density at radius 1 is 1.11 bits per heavy atom. The number of methoxy groups -OCH3 is 2. The molecule has 27 heavy (non-hydrogen) atoms. The molecule has 1 atom stereocenters. The summed E-state index contributed by atoms with van der Waals surface area (Å²) in [5.41, 5.74) is 2.75. The molecule has 0 saturated carbocycles. The maximum absolute atomic E-state index is 11.6. The van der Waals surface area contributed by atoms with Gasteiger partial charge < -0.3 is 19.3 Å². The molecule has 0 radical (unpaired) electrons. The minimum absolute atomic E-state index is 0.336. The molecule has 0 aliphatic carbocycles. The van der Waals surface area contributed by atoms with E-state index >= 15 is 0 Å². The second kappa shape index (κ2) is 8.84. The highest BCUT2D eigenvalue weighted by Gasteiger charge is 2.15. The predicted molar refractivity (Wildman–Crippen MR) is 100 cm³/mol. The lowest BCUT2D eigenvalue weighted by atomic mass is 10.1. The molecular formula is C20H21NO6. The lowest BCUT2D eigenvalue weighted by Crippen LogP contribution is -2.23. The van der Waals surface area contributed by atoms with Crippen molar-refractivity contribution >= 4 is 23.8 Å². The van der Waals surface area contributed by atoms with Gasteiger partial charge in [0.25, 0.3) is 0 Å². The monoisotopic (exact) mass is 371 g/mol. The summed E-state index contributed by atoms with van der Waals surface area (Å²) < 4.78 is 15.3. The van der Waals surface area contributed by atoms with Gasteiger partial charge in [0.1, 0.15) is 0 Å². The number of ether oxygens (including phenoxy) is 3. The minimum atomic E-state index is -1.06. The van der Waals surface area contributed by atoms with Crippen LogP contribution in [0, 0.1) is 6.92 Å². The Labute approximate surface area is 157 Å². The fourth-order valence-corrected chi connectivity index (χ4v) is 2.29. The zero-order valence-corrected chi connectivity index (χ0v) is 15.6. The number of nitrogens with zero attached hydrogens (tertiary/aromatic N) is 1. The van der Waals surface area contributed by atoms with Gasteiger partial charge >= 0.3 is 11.9 Å². The van der Waals surface area contributed by atoms with E-state index in [0.29, 0.717) is 22.7 Å². The van der Waals surface area contributed by atoms with Crippen LogP contribution in [0.5, 0.6) is 11.5 Å². The van der Waals surface area contributed by atoms with Crippen LogP contribution in [0.1, 0.15) is 28.4 Å². The summed E-state index contributed by atoms with van der Waals surface area (Å²) in [6, 6.07) is 10.2. The van der Waals surface area contributed by atoms with Crippen molar-refractivity contribution in [1.29, 1.82) is 0 Å². The van der Waals surface area contributed by atoms with Crippen molar-refractivity contribution < 1.29 is 28.9 Å². The van der Waals surface area contributed by atoms with Gasteiger partial charge in [0, 0.05) is 6.21 Å². The van der Waals surface area contributed by atoms with Gasteiger partial charge in [-0.15, -0.1) is 0 Å². The maximum atomic E-state index is 11.6. The van der Waals surface area contributed by atoms with Crippen LogP contribution in [0.4, 0.5) is 5.69 Å². The number of aliphatic imine (C=N–C) groups is 1. The standard InChI is InChI=1S/C20H21NO6/c1-12-9-15(20(24)26-4)6-7-16(12)21-11-14-5-8-17(18(10-14)25-3)27-13(2)19(22)23/h5-11,13H,1-4H3,(H,22,23)/t13-/m0/s1. The van der Waals surface area contributed by atoms with E-state index < -0.39 is 18.0 Å². The Bertz CT molecular complexity index is 875. The molecule has 2 aromatic carbocycles. The molecule has 0 unspecified atom stereocenters. The smallest absolute Gasteiger partial charge is 0.344 e. The highest BCUT2D eigenvalue weighted by Crippen LogP contribution is 2.29. The molecule has 1 N–H and O–H groups in total. The van der Waals surface area contributed by atoms with Crippen LogP contribution in [-0.2, 0) is 9.53 Å². The maximum Gasteiger partial charge on any atom is 0.344 e. The van der Waals surface area contributed by atoms with Gasteiger partial charge in [0.05, 0.1) is 25.5 Å². The largest absolute Gasteiger partial charge is 0.493 e. The number of carboxylic acids is 1. The number of aryl methyl sites for hydroxylation is 1. The third kappa shape index (κ3) is 5.07. The summed E-state index contributed by atoms with van der Waals surface area (Å²) in [7, 11) is 2.81. The summed E-state index contributed by atoms with van der Waals surface area (Å²) in [5.74, 6) is -0.717. The summed E-state index contributed by atoms with van der Waals surface area (Å²) in [6.07, 6.45) is 0.655. The van der Waals surface area contributed by atoms with Crippen LogP contribution < -0.4 is 9.47 Å². The molecule has 0 aliphatic heterocycles. The molecule has 0 aliphatic rings. The topological polar surface area (TPSA) is 94.4 Å². The predicted octanol–water partition coefficient (Wildman–Crippen LogP) is 3.39. The molecule has 0 fully saturated rings. The Kier molecular flexibility index (Phi) is 6.54. The van der Waals surface area contributed by atoms with Crippen LogP contribution in [0.15, 0.2) is 41.4 Å². The van der Waals surface area contributed by atoms with Crippen molar-refractivity contribution in [2.45, 2.75) is 20.0 Å². The molecule has 2 rings (SSSR count). The molecule has 7 nitrogen and oxygen atoms in total. The average Bonchev–Trinajstić information content (AvgIpc) is 2.66. The van der Waals surface area contributed by atoms with E-state index in [2.05, 4.69) is 4.99 Å². The van der Waals surface area contributed by atoms with E-state index in [1.807, 2.05) is 6.92 Å². The molecule has 0 aromatic heterocycles. The van der Waals surface area contributed by atoms with Crippen molar-refractivity contribution in [1.82, 2.24) is 0 Å². The van der Waals surface area contributed by atoms with Gasteiger partial charge in [-0.25, -0.2) is 9.59 Å². The van der Waals surface area contributed by atoms with E-state index in [1.165, 1.54) is 21.1 Å². The Hall–Kier alpha value is -3.35. The molecule has 142 valence electrons. The van der Waals surface area contributed by atoms with Crippen LogP contribution >= 0.6 is 0 Å². The summed E-state index contributed by atoms with van der Waals surface area (Å²) in [6.45, 7) is 3.29. The van der Waals surface area contributed by atoms with Crippen LogP contribution in [-0.4, -0.2) is 43.6 Å². The third-order valence-corrected chi connectivity index (χ3v) is 3.81. The number of carboxylic acid groups (broad SMARTS) is 1. The Balaban J connectivity index is 2.22. The number of carbonyl (C=O) groups is 2. The Morgan fingerprint density at radius 3 is 2.44 bits per heavy atom. The first-order valence-electron chi connectivity index (χ1n) is 8.16. The summed E-state index contributed by atoms with van der Waals surface area (Å²) >= 11 is 0. The molecule has 0 saturated heterocycles.